The normalized spacial score (nSPS) is 15.3. The fourth-order valence-corrected chi connectivity index (χ4v) is 5.49. The summed E-state index contributed by atoms with van der Waals surface area (Å²) in [6.45, 7) is 0. The number of nitrogens with two attached hydrogens (primary N) is 1. The molecule has 0 amide bonds. The molecule has 3 N–H and O–H groups in total. The Balaban J connectivity index is 1.47. The van der Waals surface area contributed by atoms with E-state index in [-0.39, 0.29) is 22.4 Å². The summed E-state index contributed by atoms with van der Waals surface area (Å²) in [6, 6.07) is 9.46. The van der Waals surface area contributed by atoms with Gasteiger partial charge in [0.1, 0.15) is 34.3 Å². The SMILES string of the molecule is Nc1ncnc2c1c(-c1ccc(NS(=O)c3ccccc3OC(F)(F)F)c(F)c1)cn2C1CCCC1. The van der Waals surface area contributed by atoms with Gasteiger partial charge in [0.05, 0.1) is 11.1 Å². The number of nitrogens with one attached hydrogen (secondary N) is 1. The lowest BCUT2D eigenvalue weighted by molar-refractivity contribution is -0.275. The van der Waals surface area contributed by atoms with Crippen LogP contribution >= 0.6 is 0 Å². The van der Waals surface area contributed by atoms with Gasteiger partial charge in [0.15, 0.2) is 11.0 Å². The summed E-state index contributed by atoms with van der Waals surface area (Å²) in [5.74, 6) is -1.10. The van der Waals surface area contributed by atoms with E-state index in [0.717, 1.165) is 31.7 Å². The molecule has 0 radical (unpaired) electrons. The van der Waals surface area contributed by atoms with Crippen LogP contribution in [0.5, 0.6) is 5.75 Å². The molecule has 2 aromatic carbocycles. The van der Waals surface area contributed by atoms with Gasteiger partial charge in [-0.05, 0) is 42.7 Å². The summed E-state index contributed by atoms with van der Waals surface area (Å²) < 4.78 is 74.4. The molecule has 0 aliphatic heterocycles. The van der Waals surface area contributed by atoms with Gasteiger partial charge in [0, 0.05) is 17.8 Å². The first-order chi connectivity index (χ1) is 17.2. The van der Waals surface area contributed by atoms with Gasteiger partial charge < -0.3 is 15.0 Å². The standard InChI is InChI=1S/C24H21F4N5O2S/c25-17-11-14(16-12-33(15-5-1-2-6-15)23-21(16)22(29)30-13-31-23)9-10-18(17)32-36(34)20-8-4-3-7-19(20)35-24(26,27)28/h3-4,7-13,15,32H,1-2,5-6H2,(H2,29,30,31). The highest BCUT2D eigenvalue weighted by molar-refractivity contribution is 7.86. The van der Waals surface area contributed by atoms with Gasteiger partial charge in [0.25, 0.3) is 0 Å². The first-order valence-electron chi connectivity index (χ1n) is 11.2. The van der Waals surface area contributed by atoms with Gasteiger partial charge in [-0.3, -0.25) is 4.72 Å². The molecule has 36 heavy (non-hydrogen) atoms. The van der Waals surface area contributed by atoms with Crippen LogP contribution in [0.25, 0.3) is 22.2 Å². The maximum absolute atomic E-state index is 15.1. The van der Waals surface area contributed by atoms with Crippen molar-refractivity contribution in [2.24, 2.45) is 0 Å². The van der Waals surface area contributed by atoms with Gasteiger partial charge in [0.2, 0.25) is 0 Å². The van der Waals surface area contributed by atoms with Crippen LogP contribution < -0.4 is 15.2 Å². The fraction of sp³-hybridized carbons (Fsp3) is 0.250. The summed E-state index contributed by atoms with van der Waals surface area (Å²) in [4.78, 5) is 8.23. The van der Waals surface area contributed by atoms with Crippen molar-refractivity contribution in [2.75, 3.05) is 10.5 Å². The summed E-state index contributed by atoms with van der Waals surface area (Å²) in [5, 5.41) is 0.617. The predicted molar refractivity (Wildman–Crippen MR) is 128 cm³/mol. The molecule has 5 rings (SSSR count). The Hall–Kier alpha value is -3.67. The largest absolute Gasteiger partial charge is 0.573 e. The number of hydrogen-bond acceptors (Lipinski definition) is 5. The van der Waals surface area contributed by atoms with Gasteiger partial charge in [-0.15, -0.1) is 13.2 Å². The molecule has 0 bridgehead atoms. The molecule has 1 atom stereocenters. The number of aromatic nitrogens is 3. The molecule has 188 valence electrons. The van der Waals surface area contributed by atoms with Crippen LogP contribution in [0.4, 0.5) is 29.1 Å². The maximum atomic E-state index is 15.1. The number of nitrogen functional groups attached to an aromatic ring is 1. The van der Waals surface area contributed by atoms with Crippen molar-refractivity contribution in [2.45, 2.75) is 43.0 Å². The molecule has 2 aromatic heterocycles. The van der Waals surface area contributed by atoms with Gasteiger partial charge in [-0.25, -0.2) is 18.6 Å². The molecule has 1 fully saturated rings. The smallest absolute Gasteiger partial charge is 0.404 e. The minimum Gasteiger partial charge on any atom is -0.404 e. The highest BCUT2D eigenvalue weighted by Gasteiger charge is 2.33. The van der Waals surface area contributed by atoms with E-state index in [1.165, 1.54) is 36.7 Å². The predicted octanol–water partition coefficient (Wildman–Crippen LogP) is 5.97. The Morgan fingerprint density at radius 3 is 2.58 bits per heavy atom. The van der Waals surface area contributed by atoms with E-state index in [0.29, 0.717) is 22.2 Å². The molecule has 7 nitrogen and oxygen atoms in total. The van der Waals surface area contributed by atoms with Crippen molar-refractivity contribution in [3.8, 4) is 16.9 Å². The van der Waals surface area contributed by atoms with E-state index < -0.39 is 28.9 Å². The number of benzene rings is 2. The minimum atomic E-state index is -4.96. The zero-order chi connectivity index (χ0) is 25.4. The number of halogens is 4. The third-order valence-electron chi connectivity index (χ3n) is 6.11. The highest BCUT2D eigenvalue weighted by Crippen LogP contribution is 2.39. The van der Waals surface area contributed by atoms with Crippen LogP contribution in [-0.2, 0) is 11.0 Å². The molecule has 2 heterocycles. The van der Waals surface area contributed by atoms with Gasteiger partial charge in [-0.1, -0.05) is 31.0 Å². The molecule has 1 saturated carbocycles. The quantitative estimate of drug-likeness (QED) is 0.306. The Bertz CT molecular complexity index is 1450. The van der Waals surface area contributed by atoms with Gasteiger partial charge in [-0.2, -0.15) is 0 Å². The summed E-state index contributed by atoms with van der Waals surface area (Å²) in [5.41, 5.74) is 7.85. The molecular formula is C24H21F4N5O2S. The number of para-hydroxylation sites is 1. The van der Waals surface area contributed by atoms with E-state index in [4.69, 9.17) is 5.73 Å². The average Bonchev–Trinajstić information content (AvgIpc) is 3.48. The molecule has 1 unspecified atom stereocenters. The number of hydrogen-bond donors (Lipinski definition) is 2. The van der Waals surface area contributed by atoms with Crippen molar-refractivity contribution >= 4 is 33.5 Å². The van der Waals surface area contributed by atoms with Crippen LogP contribution in [0.15, 0.2) is 59.9 Å². The van der Waals surface area contributed by atoms with E-state index >= 15 is 4.39 Å². The lowest BCUT2D eigenvalue weighted by Crippen LogP contribution is -2.19. The van der Waals surface area contributed by atoms with Crippen LogP contribution in [0.1, 0.15) is 31.7 Å². The van der Waals surface area contributed by atoms with Crippen LogP contribution in [0.2, 0.25) is 0 Å². The maximum Gasteiger partial charge on any atom is 0.573 e. The number of fused-ring (bicyclic) bond motifs is 1. The van der Waals surface area contributed by atoms with Gasteiger partial charge >= 0.3 is 6.36 Å². The van der Waals surface area contributed by atoms with E-state index in [1.54, 1.807) is 6.07 Å². The summed E-state index contributed by atoms with van der Waals surface area (Å²) in [7, 11) is -2.22. The van der Waals surface area contributed by atoms with E-state index in [1.807, 2.05) is 6.20 Å². The number of nitrogens with zero attached hydrogens (tertiary/aromatic N) is 3. The molecule has 12 heteroatoms. The van der Waals surface area contributed by atoms with Crippen LogP contribution in [-0.4, -0.2) is 25.1 Å². The second-order valence-corrected chi connectivity index (χ2v) is 9.59. The van der Waals surface area contributed by atoms with Crippen molar-refractivity contribution in [3.63, 3.8) is 0 Å². The summed E-state index contributed by atoms with van der Waals surface area (Å²) in [6.07, 6.45) is 2.58. The Labute approximate surface area is 205 Å². The van der Waals surface area contributed by atoms with E-state index in [2.05, 4.69) is 24.0 Å². The number of ether oxygens (including phenoxy) is 1. The lowest BCUT2D eigenvalue weighted by Gasteiger charge is -2.14. The molecule has 0 spiro atoms. The Morgan fingerprint density at radius 2 is 1.86 bits per heavy atom. The van der Waals surface area contributed by atoms with Crippen LogP contribution in [0.3, 0.4) is 0 Å². The van der Waals surface area contributed by atoms with Crippen molar-refractivity contribution in [1.82, 2.24) is 14.5 Å². The van der Waals surface area contributed by atoms with Crippen molar-refractivity contribution in [1.29, 1.82) is 0 Å². The third-order valence-corrected chi connectivity index (χ3v) is 7.26. The van der Waals surface area contributed by atoms with Crippen molar-refractivity contribution < 1.29 is 26.5 Å². The molecule has 0 saturated heterocycles. The van der Waals surface area contributed by atoms with Crippen LogP contribution in [0, 0.1) is 5.82 Å². The molecular weight excluding hydrogens is 498 g/mol. The molecule has 4 aromatic rings. The molecule has 1 aliphatic rings. The average molecular weight is 520 g/mol. The molecule has 1 aliphatic carbocycles. The lowest BCUT2D eigenvalue weighted by atomic mass is 10.1. The highest BCUT2D eigenvalue weighted by atomic mass is 32.2. The fourth-order valence-electron chi connectivity index (χ4n) is 4.52. The number of rotatable bonds is 6. The monoisotopic (exact) mass is 519 g/mol. The topological polar surface area (TPSA) is 95.1 Å². The van der Waals surface area contributed by atoms with E-state index in [9.17, 15) is 17.4 Å². The third kappa shape index (κ3) is 4.72. The number of anilines is 2. The summed E-state index contributed by atoms with van der Waals surface area (Å²) >= 11 is 0. The minimum absolute atomic E-state index is 0.150. The Morgan fingerprint density at radius 1 is 1.11 bits per heavy atom. The second kappa shape index (κ2) is 9.41. The zero-order valence-corrected chi connectivity index (χ0v) is 19.6. The number of alkyl halides is 3. The first kappa shape index (κ1) is 24.0. The zero-order valence-electron chi connectivity index (χ0n) is 18.8. The van der Waals surface area contributed by atoms with Crippen molar-refractivity contribution in [3.05, 3.63) is 60.8 Å². The first-order valence-corrected chi connectivity index (χ1v) is 12.3. The Kier molecular flexibility index (Phi) is 6.29. The second-order valence-electron chi connectivity index (χ2n) is 8.41.